The Labute approximate surface area is 126 Å². The summed E-state index contributed by atoms with van der Waals surface area (Å²) in [6.45, 7) is 6.21. The van der Waals surface area contributed by atoms with E-state index in [1.165, 1.54) is 5.56 Å². The maximum atomic E-state index is 12.5. The Morgan fingerprint density at radius 3 is 2.48 bits per heavy atom. The van der Waals surface area contributed by atoms with E-state index in [0.29, 0.717) is 5.92 Å². The van der Waals surface area contributed by atoms with Crippen LogP contribution >= 0.6 is 0 Å². The molecule has 0 radical (unpaired) electrons. The molecule has 5 heteroatoms. The van der Waals surface area contributed by atoms with E-state index in [4.69, 9.17) is 5.73 Å². The van der Waals surface area contributed by atoms with Gasteiger partial charge in [-0.2, -0.15) is 0 Å². The van der Waals surface area contributed by atoms with Gasteiger partial charge in [-0.25, -0.2) is 0 Å². The van der Waals surface area contributed by atoms with Crippen molar-refractivity contribution in [2.45, 2.75) is 31.8 Å². The Balaban J connectivity index is 1.52. The van der Waals surface area contributed by atoms with Crippen LogP contribution in [0.1, 0.15) is 25.3 Å². The highest BCUT2D eigenvalue weighted by atomic mass is 16.2. The second-order valence-corrected chi connectivity index (χ2v) is 6.48. The topological polar surface area (TPSA) is 62.5 Å². The smallest absolute Gasteiger partial charge is 0.242 e. The average molecular weight is 288 g/mol. The molecule has 21 heavy (non-hydrogen) atoms. The van der Waals surface area contributed by atoms with Crippen LogP contribution in [0.3, 0.4) is 0 Å². The van der Waals surface area contributed by atoms with Crippen LogP contribution in [-0.4, -0.2) is 52.4 Å². The number of amides is 1. The Bertz CT molecular complexity index is 490. The van der Waals surface area contributed by atoms with E-state index < -0.39 is 5.54 Å². The molecule has 0 bridgehead atoms. The highest BCUT2D eigenvalue weighted by Gasteiger charge is 2.46. The van der Waals surface area contributed by atoms with Gasteiger partial charge < -0.3 is 10.6 Å². The van der Waals surface area contributed by atoms with Crippen molar-refractivity contribution >= 4 is 5.91 Å². The molecule has 1 unspecified atom stereocenters. The fraction of sp³-hybridized carbons (Fsp3) is 0.625. The van der Waals surface area contributed by atoms with Crippen molar-refractivity contribution in [3.63, 3.8) is 0 Å². The molecule has 1 aliphatic heterocycles. The summed E-state index contributed by atoms with van der Waals surface area (Å²) in [4.78, 5) is 20.9. The van der Waals surface area contributed by atoms with Crippen molar-refractivity contribution in [3.8, 4) is 0 Å². The van der Waals surface area contributed by atoms with E-state index in [-0.39, 0.29) is 5.91 Å². The van der Waals surface area contributed by atoms with E-state index in [0.717, 1.165) is 45.6 Å². The van der Waals surface area contributed by atoms with Crippen LogP contribution in [0.2, 0.25) is 0 Å². The molecule has 1 saturated heterocycles. The van der Waals surface area contributed by atoms with Crippen LogP contribution in [0, 0.1) is 5.92 Å². The third kappa shape index (κ3) is 3.24. The maximum Gasteiger partial charge on any atom is 0.242 e. The van der Waals surface area contributed by atoms with E-state index in [1.807, 2.05) is 36.4 Å². The van der Waals surface area contributed by atoms with Crippen molar-refractivity contribution < 1.29 is 4.79 Å². The SMILES string of the molecule is CC(N)(C(=O)N1CCN(Cc2ccncc2)CC1)C1CC1. The van der Waals surface area contributed by atoms with Gasteiger partial charge >= 0.3 is 0 Å². The monoisotopic (exact) mass is 288 g/mol. The summed E-state index contributed by atoms with van der Waals surface area (Å²) < 4.78 is 0. The molecule has 0 spiro atoms. The van der Waals surface area contributed by atoms with Gasteiger partial charge in [-0.3, -0.25) is 14.7 Å². The van der Waals surface area contributed by atoms with Gasteiger partial charge in [-0.15, -0.1) is 0 Å². The predicted molar refractivity (Wildman–Crippen MR) is 81.4 cm³/mol. The molecule has 1 aliphatic carbocycles. The average Bonchev–Trinajstić information content (AvgIpc) is 3.33. The summed E-state index contributed by atoms with van der Waals surface area (Å²) in [6.07, 6.45) is 5.84. The van der Waals surface area contributed by atoms with Crippen LogP contribution in [0.4, 0.5) is 0 Å². The van der Waals surface area contributed by atoms with Crippen LogP contribution in [0.15, 0.2) is 24.5 Å². The van der Waals surface area contributed by atoms with Crippen molar-refractivity contribution in [2.75, 3.05) is 26.2 Å². The number of piperazine rings is 1. The van der Waals surface area contributed by atoms with Gasteiger partial charge in [-0.05, 0) is 43.4 Å². The minimum Gasteiger partial charge on any atom is -0.339 e. The zero-order chi connectivity index (χ0) is 14.9. The van der Waals surface area contributed by atoms with Crippen LogP contribution < -0.4 is 5.73 Å². The molecule has 1 amide bonds. The minimum absolute atomic E-state index is 0.133. The molecule has 5 nitrogen and oxygen atoms in total. The third-order valence-electron chi connectivity index (χ3n) is 4.70. The quantitative estimate of drug-likeness (QED) is 0.892. The Morgan fingerprint density at radius 1 is 1.29 bits per heavy atom. The maximum absolute atomic E-state index is 12.5. The van der Waals surface area contributed by atoms with Gasteiger partial charge in [0, 0.05) is 45.1 Å². The van der Waals surface area contributed by atoms with Crippen molar-refractivity contribution in [2.24, 2.45) is 11.7 Å². The standard InChI is InChI=1S/C16H24N4O/c1-16(17,14-2-3-14)15(21)20-10-8-19(9-11-20)12-13-4-6-18-7-5-13/h4-7,14H,2-3,8-12,17H2,1H3. The molecule has 2 fully saturated rings. The Kier molecular flexibility index (Phi) is 3.95. The fourth-order valence-corrected chi connectivity index (χ4v) is 3.05. The van der Waals surface area contributed by atoms with Gasteiger partial charge in [0.15, 0.2) is 0 Å². The van der Waals surface area contributed by atoms with Crippen molar-refractivity contribution in [1.82, 2.24) is 14.8 Å². The summed E-state index contributed by atoms with van der Waals surface area (Å²) in [5.41, 5.74) is 6.85. The number of carbonyl (C=O) groups is 1. The summed E-state index contributed by atoms with van der Waals surface area (Å²) in [7, 11) is 0. The summed E-state index contributed by atoms with van der Waals surface area (Å²) in [5, 5.41) is 0. The first kappa shape index (κ1) is 14.5. The lowest BCUT2D eigenvalue weighted by molar-refractivity contribution is -0.139. The predicted octanol–water partition coefficient (Wildman–Crippen LogP) is 0.853. The Morgan fingerprint density at radius 2 is 1.90 bits per heavy atom. The minimum atomic E-state index is -0.659. The van der Waals surface area contributed by atoms with Gasteiger partial charge in [0.25, 0.3) is 0 Å². The van der Waals surface area contributed by atoms with Crippen LogP contribution in [-0.2, 0) is 11.3 Å². The molecule has 1 aromatic heterocycles. The normalized spacial score (nSPS) is 22.9. The zero-order valence-electron chi connectivity index (χ0n) is 12.7. The molecule has 0 aromatic carbocycles. The van der Waals surface area contributed by atoms with Gasteiger partial charge in [0.1, 0.15) is 0 Å². The van der Waals surface area contributed by atoms with E-state index >= 15 is 0 Å². The lowest BCUT2D eigenvalue weighted by atomic mass is 9.95. The zero-order valence-corrected chi connectivity index (χ0v) is 12.7. The first-order chi connectivity index (χ1) is 10.1. The number of pyridine rings is 1. The number of nitrogens with two attached hydrogens (primary N) is 1. The largest absolute Gasteiger partial charge is 0.339 e. The molecule has 114 valence electrons. The molecule has 3 rings (SSSR count). The third-order valence-corrected chi connectivity index (χ3v) is 4.70. The fourth-order valence-electron chi connectivity index (χ4n) is 3.05. The van der Waals surface area contributed by atoms with Crippen LogP contribution in [0.5, 0.6) is 0 Å². The number of nitrogens with zero attached hydrogens (tertiary/aromatic N) is 3. The number of aromatic nitrogens is 1. The molecular formula is C16H24N4O. The van der Waals surface area contributed by atoms with Crippen molar-refractivity contribution in [3.05, 3.63) is 30.1 Å². The summed E-state index contributed by atoms with van der Waals surface area (Å²) in [5.74, 6) is 0.522. The number of hydrogen-bond donors (Lipinski definition) is 1. The highest BCUT2D eigenvalue weighted by molar-refractivity contribution is 5.86. The molecule has 2 aliphatic rings. The Hall–Kier alpha value is -1.46. The second-order valence-electron chi connectivity index (χ2n) is 6.48. The first-order valence-corrected chi connectivity index (χ1v) is 7.77. The lowest BCUT2D eigenvalue weighted by Crippen LogP contribution is -2.59. The van der Waals surface area contributed by atoms with E-state index in [2.05, 4.69) is 9.88 Å². The molecule has 1 saturated carbocycles. The molecule has 2 heterocycles. The van der Waals surface area contributed by atoms with Crippen molar-refractivity contribution in [1.29, 1.82) is 0 Å². The first-order valence-electron chi connectivity index (χ1n) is 7.77. The summed E-state index contributed by atoms with van der Waals surface area (Å²) >= 11 is 0. The molecule has 2 N–H and O–H groups in total. The highest BCUT2D eigenvalue weighted by Crippen LogP contribution is 2.39. The lowest BCUT2D eigenvalue weighted by Gasteiger charge is -2.38. The summed E-state index contributed by atoms with van der Waals surface area (Å²) in [6, 6.07) is 4.09. The second kappa shape index (κ2) is 5.73. The van der Waals surface area contributed by atoms with E-state index in [1.54, 1.807) is 0 Å². The van der Waals surface area contributed by atoms with Crippen LogP contribution in [0.25, 0.3) is 0 Å². The number of hydrogen-bond acceptors (Lipinski definition) is 4. The molecular weight excluding hydrogens is 264 g/mol. The van der Waals surface area contributed by atoms with E-state index in [9.17, 15) is 4.79 Å². The molecule has 1 atom stereocenters. The number of carbonyl (C=O) groups excluding carboxylic acids is 1. The number of rotatable bonds is 4. The van der Waals surface area contributed by atoms with Gasteiger partial charge in [0.2, 0.25) is 5.91 Å². The molecule has 1 aromatic rings. The van der Waals surface area contributed by atoms with Gasteiger partial charge in [0.05, 0.1) is 5.54 Å². The van der Waals surface area contributed by atoms with Gasteiger partial charge in [-0.1, -0.05) is 0 Å².